The molecule has 0 spiro atoms. The molecule has 1 aliphatic rings. The second-order valence-corrected chi connectivity index (χ2v) is 6.72. The Morgan fingerprint density at radius 3 is 2.96 bits per heavy atom. The zero-order valence-electron chi connectivity index (χ0n) is 14.8. The molecule has 4 aromatic rings. The first-order valence-corrected chi connectivity index (χ1v) is 8.90. The number of halogens is 1. The van der Waals surface area contributed by atoms with Gasteiger partial charge in [0, 0.05) is 23.5 Å². The third-order valence-electron chi connectivity index (χ3n) is 5.01. The molecule has 6 heteroatoms. The number of rotatable bonds is 3. The van der Waals surface area contributed by atoms with E-state index >= 15 is 0 Å². The SMILES string of the molecule is O=c1c2ccncc2ncn1Cc1ccc(-c2cccc3c2C=NC3)cc1F. The maximum absolute atomic E-state index is 14.8. The monoisotopic (exact) mass is 370 g/mol. The summed E-state index contributed by atoms with van der Waals surface area (Å²) in [7, 11) is 0. The predicted molar refractivity (Wildman–Crippen MR) is 106 cm³/mol. The first-order chi connectivity index (χ1) is 13.7. The van der Waals surface area contributed by atoms with Crippen LogP contribution < -0.4 is 5.56 Å². The van der Waals surface area contributed by atoms with E-state index in [-0.39, 0.29) is 17.9 Å². The van der Waals surface area contributed by atoms with E-state index in [4.69, 9.17) is 0 Å². The van der Waals surface area contributed by atoms with E-state index in [0.29, 0.717) is 23.0 Å². The lowest BCUT2D eigenvalue weighted by Crippen LogP contribution is -2.21. The summed E-state index contributed by atoms with van der Waals surface area (Å²) < 4.78 is 16.2. The van der Waals surface area contributed by atoms with Gasteiger partial charge in [-0.3, -0.25) is 19.3 Å². The fraction of sp³-hybridized carbons (Fsp3) is 0.0909. The van der Waals surface area contributed by atoms with Crippen LogP contribution in [-0.4, -0.2) is 20.7 Å². The summed E-state index contributed by atoms with van der Waals surface area (Å²) in [6, 6.07) is 12.7. The number of benzene rings is 2. The van der Waals surface area contributed by atoms with Crippen molar-refractivity contribution < 1.29 is 4.39 Å². The number of fused-ring (bicyclic) bond motifs is 2. The molecule has 0 N–H and O–H groups in total. The Labute approximate surface area is 159 Å². The summed E-state index contributed by atoms with van der Waals surface area (Å²) >= 11 is 0. The van der Waals surface area contributed by atoms with Crippen molar-refractivity contribution >= 4 is 17.1 Å². The van der Waals surface area contributed by atoms with Gasteiger partial charge in [0.05, 0.1) is 36.5 Å². The van der Waals surface area contributed by atoms with Crippen LogP contribution in [0.5, 0.6) is 0 Å². The number of hydrogen-bond acceptors (Lipinski definition) is 4. The highest BCUT2D eigenvalue weighted by molar-refractivity contribution is 5.94. The first kappa shape index (κ1) is 16.5. The van der Waals surface area contributed by atoms with Crippen molar-refractivity contribution in [2.45, 2.75) is 13.1 Å². The van der Waals surface area contributed by atoms with Gasteiger partial charge in [0.2, 0.25) is 0 Å². The molecule has 1 aliphatic heterocycles. The van der Waals surface area contributed by atoms with Crippen molar-refractivity contribution in [2.75, 3.05) is 0 Å². The van der Waals surface area contributed by atoms with Gasteiger partial charge in [0.1, 0.15) is 5.82 Å². The van der Waals surface area contributed by atoms with Gasteiger partial charge in [0.15, 0.2) is 0 Å². The molecule has 3 heterocycles. The smallest absolute Gasteiger partial charge is 0.261 e. The molecule has 0 saturated heterocycles. The Morgan fingerprint density at radius 1 is 1.14 bits per heavy atom. The van der Waals surface area contributed by atoms with E-state index < -0.39 is 0 Å². The van der Waals surface area contributed by atoms with E-state index in [1.54, 1.807) is 18.3 Å². The summed E-state index contributed by atoms with van der Waals surface area (Å²) in [6.45, 7) is 0.779. The van der Waals surface area contributed by atoms with Crippen LogP contribution in [0.15, 0.2) is 71.0 Å². The van der Waals surface area contributed by atoms with Crippen LogP contribution in [0.2, 0.25) is 0 Å². The fourth-order valence-corrected chi connectivity index (χ4v) is 3.54. The quantitative estimate of drug-likeness (QED) is 0.554. The Hall–Kier alpha value is -3.67. The van der Waals surface area contributed by atoms with Gasteiger partial charge in [-0.2, -0.15) is 0 Å². The molecule has 136 valence electrons. The molecule has 2 aromatic heterocycles. The Balaban J connectivity index is 1.52. The minimum Gasteiger partial charge on any atom is -0.294 e. The third kappa shape index (κ3) is 2.70. The van der Waals surface area contributed by atoms with E-state index in [1.807, 2.05) is 30.5 Å². The van der Waals surface area contributed by atoms with E-state index in [1.165, 1.54) is 23.2 Å². The van der Waals surface area contributed by atoms with Crippen molar-refractivity contribution in [3.05, 3.63) is 94.0 Å². The van der Waals surface area contributed by atoms with Gasteiger partial charge in [-0.25, -0.2) is 9.37 Å². The number of hydrogen-bond donors (Lipinski definition) is 0. The maximum atomic E-state index is 14.8. The minimum atomic E-state index is -0.355. The molecular weight excluding hydrogens is 355 g/mol. The van der Waals surface area contributed by atoms with Crippen LogP contribution in [0.25, 0.3) is 22.0 Å². The van der Waals surface area contributed by atoms with Gasteiger partial charge in [0.25, 0.3) is 5.56 Å². The molecule has 0 atom stereocenters. The summed E-state index contributed by atoms with van der Waals surface area (Å²) in [4.78, 5) is 25.1. The van der Waals surface area contributed by atoms with Gasteiger partial charge >= 0.3 is 0 Å². The minimum absolute atomic E-state index is 0.116. The molecule has 0 unspecified atom stereocenters. The highest BCUT2D eigenvalue weighted by atomic mass is 19.1. The molecule has 28 heavy (non-hydrogen) atoms. The zero-order valence-corrected chi connectivity index (χ0v) is 14.8. The van der Waals surface area contributed by atoms with E-state index in [2.05, 4.69) is 15.0 Å². The van der Waals surface area contributed by atoms with Gasteiger partial charge in [-0.1, -0.05) is 30.3 Å². The lowest BCUT2D eigenvalue weighted by atomic mass is 9.96. The molecule has 2 aromatic carbocycles. The normalized spacial score (nSPS) is 12.5. The van der Waals surface area contributed by atoms with Gasteiger partial charge in [-0.05, 0) is 28.8 Å². The van der Waals surface area contributed by atoms with Crippen molar-refractivity contribution in [2.24, 2.45) is 4.99 Å². The number of aliphatic imine (C=N–C) groups is 1. The standard InChI is InChI=1S/C22H15FN4O/c23-20-8-14(17-3-1-2-15-9-25-10-19(15)17)4-5-16(20)12-27-13-26-21-11-24-7-6-18(21)22(27)28/h1-8,10-11,13H,9,12H2. The molecule has 5 nitrogen and oxygen atoms in total. The molecule has 0 amide bonds. The molecule has 0 saturated carbocycles. The predicted octanol–water partition coefficient (Wildman–Crippen LogP) is 3.58. The molecule has 0 fully saturated rings. The van der Waals surface area contributed by atoms with Crippen LogP contribution in [0, 0.1) is 5.82 Å². The second kappa shape index (κ2) is 6.49. The van der Waals surface area contributed by atoms with E-state index in [0.717, 1.165) is 22.3 Å². The largest absolute Gasteiger partial charge is 0.294 e. The van der Waals surface area contributed by atoms with E-state index in [9.17, 15) is 9.18 Å². The average molecular weight is 370 g/mol. The molecular formula is C22H15FN4O. The topological polar surface area (TPSA) is 60.1 Å². The first-order valence-electron chi connectivity index (χ1n) is 8.90. The second-order valence-electron chi connectivity index (χ2n) is 6.72. The third-order valence-corrected chi connectivity index (χ3v) is 5.01. The summed E-state index contributed by atoms with van der Waals surface area (Å²) in [6.07, 6.45) is 6.36. The van der Waals surface area contributed by atoms with Crippen LogP contribution in [-0.2, 0) is 13.1 Å². The number of nitrogens with zero attached hydrogens (tertiary/aromatic N) is 4. The van der Waals surface area contributed by atoms with Crippen LogP contribution in [0.3, 0.4) is 0 Å². The summed E-state index contributed by atoms with van der Waals surface area (Å²) in [5.41, 5.74) is 4.68. The highest BCUT2D eigenvalue weighted by Crippen LogP contribution is 2.29. The summed E-state index contributed by atoms with van der Waals surface area (Å²) in [5.74, 6) is -0.355. The van der Waals surface area contributed by atoms with Gasteiger partial charge < -0.3 is 0 Å². The van der Waals surface area contributed by atoms with Crippen molar-refractivity contribution in [3.8, 4) is 11.1 Å². The van der Waals surface area contributed by atoms with Crippen molar-refractivity contribution in [3.63, 3.8) is 0 Å². The molecule has 0 radical (unpaired) electrons. The van der Waals surface area contributed by atoms with Gasteiger partial charge in [-0.15, -0.1) is 0 Å². The average Bonchev–Trinajstić information content (AvgIpc) is 3.20. The van der Waals surface area contributed by atoms with Crippen molar-refractivity contribution in [1.29, 1.82) is 0 Å². The van der Waals surface area contributed by atoms with Crippen LogP contribution in [0.4, 0.5) is 4.39 Å². The Morgan fingerprint density at radius 2 is 2.07 bits per heavy atom. The Bertz CT molecular complexity index is 1310. The maximum Gasteiger partial charge on any atom is 0.261 e. The van der Waals surface area contributed by atoms with Crippen LogP contribution >= 0.6 is 0 Å². The molecule has 0 bridgehead atoms. The lowest BCUT2D eigenvalue weighted by molar-refractivity contribution is 0.596. The number of aromatic nitrogens is 3. The fourth-order valence-electron chi connectivity index (χ4n) is 3.54. The van der Waals surface area contributed by atoms with Crippen LogP contribution in [0.1, 0.15) is 16.7 Å². The Kier molecular flexibility index (Phi) is 3.83. The van der Waals surface area contributed by atoms with Crippen molar-refractivity contribution in [1.82, 2.24) is 14.5 Å². The zero-order chi connectivity index (χ0) is 19.1. The highest BCUT2D eigenvalue weighted by Gasteiger charge is 2.14. The molecule has 0 aliphatic carbocycles. The summed E-state index contributed by atoms with van der Waals surface area (Å²) in [5, 5.41) is 0.466. The lowest BCUT2D eigenvalue weighted by Gasteiger charge is -2.11. The number of pyridine rings is 1. The molecule has 5 rings (SSSR count).